The SMILES string of the molecule is COc1c(C)c(C)cc(C)c1-c1ncc2ccccn12. The van der Waals surface area contributed by atoms with Crippen LogP contribution in [0.15, 0.2) is 36.7 Å². The van der Waals surface area contributed by atoms with Gasteiger partial charge in [-0.25, -0.2) is 4.98 Å². The topological polar surface area (TPSA) is 26.5 Å². The molecule has 0 unspecified atom stereocenters. The second kappa shape index (κ2) is 4.67. The molecule has 0 saturated carbocycles. The number of nitrogens with zero attached hydrogens (tertiary/aromatic N) is 2. The number of fused-ring (bicyclic) bond motifs is 1. The predicted octanol–water partition coefficient (Wildman–Crippen LogP) is 3.94. The highest BCUT2D eigenvalue weighted by Gasteiger charge is 2.17. The van der Waals surface area contributed by atoms with E-state index in [4.69, 9.17) is 4.74 Å². The Labute approximate surface area is 118 Å². The van der Waals surface area contributed by atoms with Crippen LogP contribution in [0.2, 0.25) is 0 Å². The van der Waals surface area contributed by atoms with Gasteiger partial charge < -0.3 is 4.74 Å². The van der Waals surface area contributed by atoms with Gasteiger partial charge in [0.25, 0.3) is 0 Å². The fourth-order valence-corrected chi connectivity index (χ4v) is 2.71. The zero-order valence-corrected chi connectivity index (χ0v) is 12.3. The van der Waals surface area contributed by atoms with E-state index in [0.717, 1.165) is 22.7 Å². The zero-order valence-electron chi connectivity index (χ0n) is 12.3. The Hall–Kier alpha value is -2.29. The van der Waals surface area contributed by atoms with Gasteiger partial charge in [0.2, 0.25) is 0 Å². The van der Waals surface area contributed by atoms with Gasteiger partial charge in [0, 0.05) is 6.20 Å². The van der Waals surface area contributed by atoms with Crippen molar-refractivity contribution in [3.05, 3.63) is 53.3 Å². The van der Waals surface area contributed by atoms with E-state index in [0.29, 0.717) is 0 Å². The van der Waals surface area contributed by atoms with Crippen molar-refractivity contribution in [3.8, 4) is 17.1 Å². The molecule has 0 fully saturated rings. The third-order valence-electron chi connectivity index (χ3n) is 3.85. The van der Waals surface area contributed by atoms with Crippen LogP contribution in [0.25, 0.3) is 16.9 Å². The minimum Gasteiger partial charge on any atom is -0.496 e. The highest BCUT2D eigenvalue weighted by Crippen LogP contribution is 2.37. The molecule has 2 aromatic heterocycles. The van der Waals surface area contributed by atoms with Gasteiger partial charge in [-0.1, -0.05) is 12.1 Å². The molecule has 0 aliphatic rings. The maximum Gasteiger partial charge on any atom is 0.148 e. The van der Waals surface area contributed by atoms with Crippen LogP contribution in [0.4, 0.5) is 0 Å². The number of aromatic nitrogens is 2. The highest BCUT2D eigenvalue weighted by atomic mass is 16.5. The van der Waals surface area contributed by atoms with Crippen molar-refractivity contribution in [3.63, 3.8) is 0 Å². The number of ether oxygens (including phenoxy) is 1. The molecular weight excluding hydrogens is 248 g/mol. The fourth-order valence-electron chi connectivity index (χ4n) is 2.71. The molecule has 0 aliphatic heterocycles. The molecule has 0 radical (unpaired) electrons. The number of hydrogen-bond acceptors (Lipinski definition) is 2. The highest BCUT2D eigenvalue weighted by molar-refractivity contribution is 5.74. The summed E-state index contributed by atoms with van der Waals surface area (Å²) in [7, 11) is 1.72. The molecule has 3 aromatic rings. The first-order valence-corrected chi connectivity index (χ1v) is 6.70. The van der Waals surface area contributed by atoms with Crippen molar-refractivity contribution in [1.29, 1.82) is 0 Å². The monoisotopic (exact) mass is 266 g/mol. The Morgan fingerprint density at radius 1 is 1.10 bits per heavy atom. The molecule has 102 valence electrons. The number of benzene rings is 1. The molecule has 3 rings (SSSR count). The van der Waals surface area contributed by atoms with Crippen molar-refractivity contribution in [1.82, 2.24) is 9.38 Å². The van der Waals surface area contributed by atoms with Crippen LogP contribution in [0.1, 0.15) is 16.7 Å². The average molecular weight is 266 g/mol. The summed E-state index contributed by atoms with van der Waals surface area (Å²) in [5.74, 6) is 1.84. The normalized spacial score (nSPS) is 11.0. The summed E-state index contributed by atoms with van der Waals surface area (Å²) in [4.78, 5) is 4.59. The van der Waals surface area contributed by atoms with E-state index in [9.17, 15) is 0 Å². The van der Waals surface area contributed by atoms with Crippen molar-refractivity contribution in [2.45, 2.75) is 20.8 Å². The number of methoxy groups -OCH3 is 1. The smallest absolute Gasteiger partial charge is 0.148 e. The number of rotatable bonds is 2. The summed E-state index contributed by atoms with van der Waals surface area (Å²) in [6.07, 6.45) is 3.93. The molecule has 3 nitrogen and oxygen atoms in total. The molecule has 2 heterocycles. The molecule has 20 heavy (non-hydrogen) atoms. The van der Waals surface area contributed by atoms with Crippen LogP contribution in [0, 0.1) is 20.8 Å². The lowest BCUT2D eigenvalue weighted by Gasteiger charge is -2.16. The van der Waals surface area contributed by atoms with Gasteiger partial charge in [-0.3, -0.25) is 4.40 Å². The molecule has 3 heteroatoms. The molecule has 0 N–H and O–H groups in total. The third kappa shape index (κ3) is 1.78. The number of imidazole rings is 1. The molecule has 0 atom stereocenters. The van der Waals surface area contributed by atoms with Gasteiger partial charge >= 0.3 is 0 Å². The van der Waals surface area contributed by atoms with E-state index in [-0.39, 0.29) is 0 Å². The summed E-state index contributed by atoms with van der Waals surface area (Å²) < 4.78 is 7.75. The summed E-state index contributed by atoms with van der Waals surface area (Å²) in [5.41, 5.74) is 5.75. The second-order valence-corrected chi connectivity index (χ2v) is 5.12. The van der Waals surface area contributed by atoms with Gasteiger partial charge in [-0.15, -0.1) is 0 Å². The number of pyridine rings is 1. The van der Waals surface area contributed by atoms with E-state index in [1.807, 2.05) is 24.5 Å². The minimum atomic E-state index is 0.916. The van der Waals surface area contributed by atoms with Gasteiger partial charge in [0.15, 0.2) is 0 Å². The number of hydrogen-bond donors (Lipinski definition) is 0. The lowest BCUT2D eigenvalue weighted by Crippen LogP contribution is -1.99. The summed E-state index contributed by atoms with van der Waals surface area (Å²) in [5, 5.41) is 0. The van der Waals surface area contributed by atoms with Crippen molar-refractivity contribution >= 4 is 5.52 Å². The largest absolute Gasteiger partial charge is 0.496 e. The summed E-state index contributed by atoms with van der Waals surface area (Å²) in [6, 6.07) is 8.28. The predicted molar refractivity (Wildman–Crippen MR) is 81.4 cm³/mol. The second-order valence-electron chi connectivity index (χ2n) is 5.12. The Bertz CT molecular complexity index is 787. The first-order valence-electron chi connectivity index (χ1n) is 6.70. The third-order valence-corrected chi connectivity index (χ3v) is 3.85. The molecule has 0 amide bonds. The molecular formula is C17H18N2O. The number of aryl methyl sites for hydroxylation is 2. The van der Waals surface area contributed by atoms with Crippen LogP contribution >= 0.6 is 0 Å². The van der Waals surface area contributed by atoms with E-state index in [2.05, 4.69) is 42.3 Å². The van der Waals surface area contributed by atoms with Crippen LogP contribution in [-0.2, 0) is 0 Å². The van der Waals surface area contributed by atoms with Crippen LogP contribution in [0.3, 0.4) is 0 Å². The van der Waals surface area contributed by atoms with E-state index >= 15 is 0 Å². The standard InChI is InChI=1S/C17H18N2O/c1-11-9-12(2)15(16(20-4)13(11)3)17-18-10-14-7-5-6-8-19(14)17/h5-10H,1-4H3. The van der Waals surface area contributed by atoms with Gasteiger partial charge in [-0.05, 0) is 49.6 Å². The first-order chi connectivity index (χ1) is 9.63. The van der Waals surface area contributed by atoms with Gasteiger partial charge in [0.05, 0.1) is 24.4 Å². The van der Waals surface area contributed by atoms with E-state index in [1.54, 1.807) is 7.11 Å². The lowest BCUT2D eigenvalue weighted by molar-refractivity contribution is 0.412. The molecule has 0 bridgehead atoms. The molecule has 0 spiro atoms. The van der Waals surface area contributed by atoms with Crippen LogP contribution in [0.5, 0.6) is 5.75 Å². The van der Waals surface area contributed by atoms with Gasteiger partial charge in [-0.2, -0.15) is 0 Å². The Morgan fingerprint density at radius 2 is 1.90 bits per heavy atom. The Balaban J connectivity index is 2.37. The van der Waals surface area contributed by atoms with Crippen LogP contribution < -0.4 is 4.74 Å². The van der Waals surface area contributed by atoms with Crippen LogP contribution in [-0.4, -0.2) is 16.5 Å². The maximum atomic E-state index is 5.66. The maximum absolute atomic E-state index is 5.66. The van der Waals surface area contributed by atoms with Crippen molar-refractivity contribution in [2.75, 3.05) is 7.11 Å². The van der Waals surface area contributed by atoms with Crippen molar-refractivity contribution in [2.24, 2.45) is 0 Å². The van der Waals surface area contributed by atoms with Gasteiger partial charge in [0.1, 0.15) is 11.6 Å². The average Bonchev–Trinajstić information content (AvgIpc) is 2.86. The van der Waals surface area contributed by atoms with Crippen molar-refractivity contribution < 1.29 is 4.74 Å². The molecule has 0 aliphatic carbocycles. The zero-order chi connectivity index (χ0) is 14.3. The summed E-state index contributed by atoms with van der Waals surface area (Å²) in [6.45, 7) is 6.31. The quantitative estimate of drug-likeness (QED) is 0.702. The fraction of sp³-hybridized carbons (Fsp3) is 0.235. The molecule has 1 aromatic carbocycles. The molecule has 0 saturated heterocycles. The first kappa shape index (κ1) is 12.7. The minimum absolute atomic E-state index is 0.916. The van der Waals surface area contributed by atoms with E-state index < -0.39 is 0 Å². The Kier molecular flexibility index (Phi) is 2.97. The Morgan fingerprint density at radius 3 is 2.65 bits per heavy atom. The summed E-state index contributed by atoms with van der Waals surface area (Å²) >= 11 is 0. The van der Waals surface area contributed by atoms with E-state index in [1.165, 1.54) is 16.7 Å². The lowest BCUT2D eigenvalue weighted by atomic mass is 9.98.